The molecular weight excluding hydrogens is 232 g/mol. The molecule has 0 bridgehead atoms. The van der Waals surface area contributed by atoms with Crippen molar-refractivity contribution in [2.75, 3.05) is 26.4 Å². The summed E-state index contributed by atoms with van der Waals surface area (Å²) in [5, 5.41) is 0. The second-order valence-electron chi connectivity index (χ2n) is 4.22. The Bertz CT molecular complexity index is 130. The van der Waals surface area contributed by atoms with Crippen LogP contribution in [0.25, 0.3) is 0 Å². The number of hydrogen-bond acceptors (Lipinski definition) is 4. The van der Waals surface area contributed by atoms with Gasteiger partial charge in [-0.2, -0.15) is 0 Å². The average molecular weight is 262 g/mol. The van der Waals surface area contributed by atoms with Crippen LogP contribution in [0.4, 0.5) is 0 Å². The smallest absolute Gasteiger partial charge is 0.209 e. The molecule has 0 amide bonds. The molecule has 0 aromatic carbocycles. The van der Waals surface area contributed by atoms with Gasteiger partial charge in [-0.05, 0) is 25.7 Å². The van der Waals surface area contributed by atoms with Crippen LogP contribution in [0.1, 0.15) is 53.4 Å². The molecule has 0 radical (unpaired) electrons. The van der Waals surface area contributed by atoms with E-state index in [1.165, 1.54) is 0 Å². The molecule has 0 rings (SSSR count). The first-order valence-corrected chi connectivity index (χ1v) is 7.26. The van der Waals surface area contributed by atoms with Gasteiger partial charge in [0.05, 0.1) is 0 Å². The second-order valence-corrected chi connectivity index (χ2v) is 4.22. The highest BCUT2D eigenvalue weighted by Crippen LogP contribution is 2.10. The molecule has 0 aliphatic heterocycles. The van der Waals surface area contributed by atoms with Gasteiger partial charge in [0.1, 0.15) is 0 Å². The van der Waals surface area contributed by atoms with Crippen LogP contribution in [0.3, 0.4) is 0 Å². The zero-order chi connectivity index (χ0) is 13.6. The normalized spacial score (nSPS) is 11.7. The van der Waals surface area contributed by atoms with Crippen molar-refractivity contribution in [2.24, 2.45) is 0 Å². The maximum absolute atomic E-state index is 5.68. The lowest BCUT2D eigenvalue weighted by atomic mass is 10.4. The first-order valence-electron chi connectivity index (χ1n) is 7.26. The van der Waals surface area contributed by atoms with Crippen LogP contribution >= 0.6 is 0 Å². The lowest BCUT2D eigenvalue weighted by molar-refractivity contribution is -0.286. The van der Waals surface area contributed by atoms with Gasteiger partial charge in [0.15, 0.2) is 0 Å². The molecule has 0 N–H and O–H groups in total. The van der Waals surface area contributed by atoms with Crippen LogP contribution in [0, 0.1) is 0 Å². The summed E-state index contributed by atoms with van der Waals surface area (Å²) in [4.78, 5) is 0. The predicted molar refractivity (Wildman–Crippen MR) is 72.5 cm³/mol. The zero-order valence-corrected chi connectivity index (χ0v) is 12.4. The molecule has 0 fully saturated rings. The Morgan fingerprint density at radius 1 is 0.500 bits per heavy atom. The largest absolute Gasteiger partial charge is 0.348 e. The molecule has 0 aliphatic carbocycles. The summed E-state index contributed by atoms with van der Waals surface area (Å²) in [5.41, 5.74) is 0. The molecule has 4 nitrogen and oxygen atoms in total. The second kappa shape index (κ2) is 13.3. The Labute approximate surface area is 112 Å². The quantitative estimate of drug-likeness (QED) is 0.477. The fourth-order valence-electron chi connectivity index (χ4n) is 1.35. The summed E-state index contributed by atoms with van der Waals surface area (Å²) in [5.74, 6) is 0. The Kier molecular flexibility index (Phi) is 13.2. The lowest BCUT2D eigenvalue weighted by Crippen LogP contribution is -2.37. The van der Waals surface area contributed by atoms with E-state index in [1.54, 1.807) is 0 Å². The van der Waals surface area contributed by atoms with Crippen LogP contribution in [0.5, 0.6) is 0 Å². The minimum Gasteiger partial charge on any atom is -0.348 e. The zero-order valence-electron chi connectivity index (χ0n) is 12.4. The summed E-state index contributed by atoms with van der Waals surface area (Å²) in [6.45, 7) is 11.0. The van der Waals surface area contributed by atoms with Crippen LogP contribution in [0.15, 0.2) is 0 Å². The Hall–Kier alpha value is -0.160. The summed E-state index contributed by atoms with van der Waals surface area (Å²) >= 11 is 0. The number of ether oxygens (including phenoxy) is 4. The highest BCUT2D eigenvalue weighted by molar-refractivity contribution is 4.53. The van der Waals surface area contributed by atoms with Gasteiger partial charge < -0.3 is 18.9 Å². The molecule has 0 aromatic heterocycles. The molecule has 110 valence electrons. The van der Waals surface area contributed by atoms with Crippen molar-refractivity contribution in [3.63, 3.8) is 0 Å². The third-order valence-corrected chi connectivity index (χ3v) is 2.17. The first-order chi connectivity index (χ1) is 8.79. The summed E-state index contributed by atoms with van der Waals surface area (Å²) in [6.07, 6.45) is 3.01. The van der Waals surface area contributed by atoms with E-state index < -0.39 is 12.6 Å². The topological polar surface area (TPSA) is 36.9 Å². The van der Waals surface area contributed by atoms with E-state index >= 15 is 0 Å². The van der Waals surface area contributed by atoms with Gasteiger partial charge in [-0.25, -0.2) is 0 Å². The van der Waals surface area contributed by atoms with E-state index in [9.17, 15) is 0 Å². The summed E-state index contributed by atoms with van der Waals surface area (Å²) in [7, 11) is 0. The van der Waals surface area contributed by atoms with Crippen LogP contribution in [-0.4, -0.2) is 39.0 Å². The average Bonchev–Trinajstić information content (AvgIpc) is 2.40. The van der Waals surface area contributed by atoms with Crippen molar-refractivity contribution in [2.45, 2.75) is 66.0 Å². The fourth-order valence-corrected chi connectivity index (χ4v) is 1.35. The molecule has 0 aromatic rings. The molecule has 18 heavy (non-hydrogen) atoms. The van der Waals surface area contributed by atoms with Crippen LogP contribution in [0.2, 0.25) is 0 Å². The van der Waals surface area contributed by atoms with Gasteiger partial charge in [0.25, 0.3) is 0 Å². The van der Waals surface area contributed by atoms with E-state index in [-0.39, 0.29) is 0 Å². The third kappa shape index (κ3) is 8.86. The van der Waals surface area contributed by atoms with Gasteiger partial charge >= 0.3 is 0 Å². The highest BCUT2D eigenvalue weighted by atomic mass is 16.8. The van der Waals surface area contributed by atoms with Gasteiger partial charge in [0.2, 0.25) is 12.6 Å². The Balaban J connectivity index is 4.27. The van der Waals surface area contributed by atoms with E-state index in [1.807, 2.05) is 0 Å². The molecule has 0 heterocycles. The maximum atomic E-state index is 5.68. The van der Waals surface area contributed by atoms with Crippen molar-refractivity contribution in [3.8, 4) is 0 Å². The first kappa shape index (κ1) is 17.8. The minimum absolute atomic E-state index is 0.414. The van der Waals surface area contributed by atoms with E-state index in [0.717, 1.165) is 25.7 Å². The van der Waals surface area contributed by atoms with E-state index in [0.29, 0.717) is 26.4 Å². The van der Waals surface area contributed by atoms with Crippen molar-refractivity contribution in [3.05, 3.63) is 0 Å². The molecule has 0 atom stereocenters. The SMILES string of the molecule is CCCOC(OCCC)C(OCCC)OCCC. The van der Waals surface area contributed by atoms with Crippen LogP contribution < -0.4 is 0 Å². The molecule has 0 unspecified atom stereocenters. The Morgan fingerprint density at radius 3 is 0.889 bits per heavy atom. The minimum atomic E-state index is -0.414. The van der Waals surface area contributed by atoms with Crippen molar-refractivity contribution in [1.82, 2.24) is 0 Å². The third-order valence-electron chi connectivity index (χ3n) is 2.17. The molecule has 0 saturated heterocycles. The fraction of sp³-hybridized carbons (Fsp3) is 1.00. The van der Waals surface area contributed by atoms with Gasteiger partial charge in [-0.15, -0.1) is 0 Å². The van der Waals surface area contributed by atoms with Gasteiger partial charge in [-0.3, -0.25) is 0 Å². The van der Waals surface area contributed by atoms with Crippen molar-refractivity contribution >= 4 is 0 Å². The standard InChI is InChI=1S/C14H30O4/c1-5-9-15-13(16-10-6-2)14(17-11-7-3)18-12-8-4/h13-14H,5-12H2,1-4H3. The monoisotopic (exact) mass is 262 g/mol. The maximum Gasteiger partial charge on any atom is 0.209 e. The number of hydrogen-bond donors (Lipinski definition) is 0. The molecule has 0 spiro atoms. The van der Waals surface area contributed by atoms with E-state index in [4.69, 9.17) is 18.9 Å². The van der Waals surface area contributed by atoms with Gasteiger partial charge in [0, 0.05) is 26.4 Å². The Morgan fingerprint density at radius 2 is 0.722 bits per heavy atom. The van der Waals surface area contributed by atoms with E-state index in [2.05, 4.69) is 27.7 Å². The lowest BCUT2D eigenvalue weighted by Gasteiger charge is -2.27. The highest BCUT2D eigenvalue weighted by Gasteiger charge is 2.24. The molecular formula is C14H30O4. The predicted octanol–water partition coefficient (Wildman–Crippen LogP) is 3.35. The molecule has 4 heteroatoms. The van der Waals surface area contributed by atoms with Gasteiger partial charge in [-0.1, -0.05) is 27.7 Å². The molecule has 0 aliphatic rings. The summed E-state index contributed by atoms with van der Waals surface area (Å²) in [6, 6.07) is 0. The summed E-state index contributed by atoms with van der Waals surface area (Å²) < 4.78 is 22.7. The van der Waals surface area contributed by atoms with Crippen molar-refractivity contribution < 1.29 is 18.9 Å². The molecule has 0 saturated carbocycles. The van der Waals surface area contributed by atoms with Crippen LogP contribution in [-0.2, 0) is 18.9 Å². The number of rotatable bonds is 13. The van der Waals surface area contributed by atoms with Crippen molar-refractivity contribution in [1.29, 1.82) is 0 Å².